The van der Waals surface area contributed by atoms with Crippen molar-refractivity contribution in [1.29, 1.82) is 5.39 Å². The third-order valence-electron chi connectivity index (χ3n) is 4.39. The summed E-state index contributed by atoms with van der Waals surface area (Å²) in [6.07, 6.45) is -5.59. The normalized spacial score (nSPS) is 30.8. The molecule has 2 saturated heterocycles. The Hall–Kier alpha value is -1.97. The van der Waals surface area contributed by atoms with Gasteiger partial charge in [-0.1, -0.05) is 0 Å². The van der Waals surface area contributed by atoms with E-state index in [0.717, 1.165) is 0 Å². The van der Waals surface area contributed by atoms with Crippen LogP contribution in [0.5, 0.6) is 0 Å². The number of nitrogens with zero attached hydrogens (tertiary/aromatic N) is 2. The van der Waals surface area contributed by atoms with Crippen LogP contribution < -0.4 is 0 Å². The van der Waals surface area contributed by atoms with Crippen LogP contribution in [0.4, 0.5) is 0 Å². The highest BCUT2D eigenvalue weighted by atomic mass is 16.8. The lowest BCUT2D eigenvalue weighted by Crippen LogP contribution is -2.50. The lowest BCUT2D eigenvalue weighted by Gasteiger charge is -2.30. The number of diazo groups is 1. The number of hydrogen-bond acceptors (Lipinski definition) is 10. The quantitative estimate of drug-likeness (QED) is 0.356. The Morgan fingerprint density at radius 1 is 1.21 bits per heavy atom. The second kappa shape index (κ2) is 8.81. The molecule has 29 heavy (non-hydrogen) atoms. The standard InChI is InChI=1S/C18H28N2O9/c1-7-24-16(23)11(20-19)12(22)14-15(29-18(5,6)28-14)13(26-9(2)21)10-8-25-17(3,4)27-10/h10,12-15,22H,7-8H2,1-6H3/p+1/b16-11-/t10-,12-,13-,14-,15+/m1/s1. The van der Waals surface area contributed by atoms with Gasteiger partial charge in [0.2, 0.25) is 5.39 Å². The van der Waals surface area contributed by atoms with Gasteiger partial charge in [0, 0.05) is 6.92 Å². The summed E-state index contributed by atoms with van der Waals surface area (Å²) in [6.45, 7) is 9.67. The van der Waals surface area contributed by atoms with Gasteiger partial charge in [-0.3, -0.25) is 4.79 Å². The van der Waals surface area contributed by atoms with E-state index in [4.69, 9.17) is 28.4 Å². The van der Waals surface area contributed by atoms with E-state index in [1.54, 1.807) is 34.6 Å². The summed E-state index contributed by atoms with van der Waals surface area (Å²) in [5, 5.41) is 30.0. The lowest BCUT2D eigenvalue weighted by molar-refractivity contribution is -0.193. The molecule has 0 aromatic rings. The summed E-state index contributed by atoms with van der Waals surface area (Å²) in [5.41, 5.74) is -0.548. The third-order valence-corrected chi connectivity index (χ3v) is 4.39. The first-order chi connectivity index (χ1) is 13.4. The Balaban J connectivity index is 2.38. The van der Waals surface area contributed by atoms with Gasteiger partial charge in [0.05, 0.1) is 13.2 Å². The van der Waals surface area contributed by atoms with Crippen LogP contribution in [0.1, 0.15) is 41.5 Å². The molecule has 0 saturated carbocycles. The minimum atomic E-state index is -1.66. The van der Waals surface area contributed by atoms with E-state index in [2.05, 4.69) is 4.98 Å². The van der Waals surface area contributed by atoms with Crippen molar-refractivity contribution in [3.05, 3.63) is 16.6 Å². The molecule has 2 aliphatic heterocycles. The molecule has 2 heterocycles. The first-order valence-corrected chi connectivity index (χ1v) is 9.34. The van der Waals surface area contributed by atoms with E-state index in [-0.39, 0.29) is 13.2 Å². The molecule has 5 atom stereocenters. The molecule has 0 unspecified atom stereocenters. The summed E-state index contributed by atoms with van der Waals surface area (Å²) >= 11 is 0. The van der Waals surface area contributed by atoms with Gasteiger partial charge < -0.3 is 38.6 Å². The Morgan fingerprint density at radius 3 is 2.31 bits per heavy atom. The number of carbonyl (C=O) groups is 1. The van der Waals surface area contributed by atoms with Gasteiger partial charge in [-0.25, -0.2) is 0 Å². The number of aliphatic hydroxyl groups is 2. The molecular formula is C18H29N2O9+. The topological polar surface area (TPSA) is 141 Å². The minimum absolute atomic E-state index is 0.0763. The van der Waals surface area contributed by atoms with Gasteiger partial charge in [-0.05, 0) is 34.6 Å². The molecule has 11 nitrogen and oxygen atoms in total. The molecule has 0 aliphatic carbocycles. The Kier molecular flexibility index (Phi) is 7.08. The predicted octanol–water partition coefficient (Wildman–Crippen LogP) is 1.57. The monoisotopic (exact) mass is 417 g/mol. The van der Waals surface area contributed by atoms with Crippen molar-refractivity contribution in [1.82, 2.24) is 0 Å². The van der Waals surface area contributed by atoms with Crippen LogP contribution in [0.15, 0.2) is 11.6 Å². The predicted molar refractivity (Wildman–Crippen MR) is 96.7 cm³/mol. The highest BCUT2D eigenvalue weighted by Gasteiger charge is 2.57. The number of aliphatic hydroxyl groups excluding tert-OH is 2. The second-order valence-electron chi connectivity index (χ2n) is 7.67. The zero-order chi connectivity index (χ0) is 22.0. The minimum Gasteiger partial charge on any atom is -0.475 e. The molecule has 2 rings (SSSR count). The van der Waals surface area contributed by atoms with Gasteiger partial charge in [-0.2, -0.15) is 0 Å². The van der Waals surface area contributed by atoms with Crippen molar-refractivity contribution in [2.24, 2.45) is 0 Å². The van der Waals surface area contributed by atoms with Crippen LogP contribution in [-0.2, 0) is 33.2 Å². The number of rotatable bonds is 7. The molecule has 0 radical (unpaired) electrons. The van der Waals surface area contributed by atoms with E-state index in [9.17, 15) is 20.4 Å². The molecule has 0 amide bonds. The molecule has 0 bridgehead atoms. The van der Waals surface area contributed by atoms with E-state index >= 15 is 0 Å². The Morgan fingerprint density at radius 2 is 1.83 bits per heavy atom. The fraction of sp³-hybridized carbons (Fsp3) is 0.833. The first-order valence-electron chi connectivity index (χ1n) is 9.34. The number of hydrogen-bond donors (Lipinski definition) is 2. The van der Waals surface area contributed by atoms with E-state index in [1.807, 2.05) is 0 Å². The molecule has 2 aliphatic rings. The second-order valence-corrected chi connectivity index (χ2v) is 7.67. The highest BCUT2D eigenvalue weighted by Crippen LogP contribution is 2.38. The maximum Gasteiger partial charge on any atom is 0.471 e. The summed E-state index contributed by atoms with van der Waals surface area (Å²) in [5.74, 6) is -3.43. The molecule has 0 aromatic heterocycles. The molecular weight excluding hydrogens is 388 g/mol. The van der Waals surface area contributed by atoms with Gasteiger partial charge in [0.15, 0.2) is 28.8 Å². The van der Waals surface area contributed by atoms with Crippen LogP contribution >= 0.6 is 0 Å². The van der Waals surface area contributed by atoms with Gasteiger partial charge >= 0.3 is 17.6 Å². The maximum absolute atomic E-state index is 11.7. The molecule has 0 spiro atoms. The van der Waals surface area contributed by atoms with Crippen LogP contribution in [0.2, 0.25) is 0 Å². The largest absolute Gasteiger partial charge is 0.475 e. The average Bonchev–Trinajstić information content (AvgIpc) is 3.12. The average molecular weight is 417 g/mol. The van der Waals surface area contributed by atoms with Crippen LogP contribution in [-0.4, -0.2) is 71.5 Å². The van der Waals surface area contributed by atoms with E-state index in [1.165, 1.54) is 6.92 Å². The molecule has 2 N–H and O–H groups in total. The third kappa shape index (κ3) is 5.55. The molecule has 0 aromatic carbocycles. The van der Waals surface area contributed by atoms with Gasteiger partial charge in [-0.15, -0.1) is 0 Å². The molecule has 11 heteroatoms. The summed E-state index contributed by atoms with van der Waals surface area (Å²) in [4.78, 5) is 14.7. The lowest BCUT2D eigenvalue weighted by atomic mass is 9.97. The number of carbonyl (C=O) groups excluding carboxylic acids is 1. The van der Waals surface area contributed by atoms with Crippen molar-refractivity contribution in [3.63, 3.8) is 0 Å². The maximum atomic E-state index is 11.7. The summed E-state index contributed by atoms with van der Waals surface area (Å²) in [6, 6.07) is 0. The Labute approximate surface area is 169 Å². The summed E-state index contributed by atoms with van der Waals surface area (Å²) < 4.78 is 33.4. The number of ether oxygens (including phenoxy) is 6. The zero-order valence-corrected chi connectivity index (χ0v) is 17.4. The highest BCUT2D eigenvalue weighted by molar-refractivity contribution is 5.66. The van der Waals surface area contributed by atoms with Crippen molar-refractivity contribution >= 4 is 5.97 Å². The van der Waals surface area contributed by atoms with Crippen LogP contribution in [0, 0.1) is 5.39 Å². The van der Waals surface area contributed by atoms with E-state index < -0.39 is 59.7 Å². The Bertz CT molecular complexity index is 685. The number of esters is 1. The van der Waals surface area contributed by atoms with Crippen molar-refractivity contribution < 1.29 is 43.4 Å². The van der Waals surface area contributed by atoms with E-state index in [0.29, 0.717) is 0 Å². The first kappa shape index (κ1) is 23.3. The van der Waals surface area contributed by atoms with Crippen molar-refractivity contribution in [2.45, 2.75) is 83.6 Å². The fourth-order valence-corrected chi connectivity index (χ4v) is 3.33. The summed E-state index contributed by atoms with van der Waals surface area (Å²) in [7, 11) is 0. The fourth-order valence-electron chi connectivity index (χ4n) is 3.33. The van der Waals surface area contributed by atoms with Gasteiger partial charge in [0.25, 0.3) is 0 Å². The SMILES string of the molecule is CCO/C(O)=C(\[N+]#N)[C@@H](O)[C@H]1OC(C)(C)O[C@H]1[C@H](OC(C)=O)[C@H]1COC(C)(C)O1. The van der Waals surface area contributed by atoms with Crippen molar-refractivity contribution in [3.8, 4) is 0 Å². The van der Waals surface area contributed by atoms with Crippen molar-refractivity contribution in [2.75, 3.05) is 13.2 Å². The smallest absolute Gasteiger partial charge is 0.471 e. The van der Waals surface area contributed by atoms with Gasteiger partial charge in [0.1, 0.15) is 18.3 Å². The van der Waals surface area contributed by atoms with Crippen LogP contribution in [0.3, 0.4) is 0 Å². The van der Waals surface area contributed by atoms with Crippen LogP contribution in [0.25, 0.3) is 4.98 Å². The molecule has 164 valence electrons. The molecule has 2 fully saturated rings. The zero-order valence-electron chi connectivity index (χ0n) is 17.4.